The van der Waals surface area contributed by atoms with Crippen molar-refractivity contribution < 1.29 is 37.5 Å². The third-order valence-corrected chi connectivity index (χ3v) is 4.65. The van der Waals surface area contributed by atoms with Crippen LogP contribution in [0.2, 0.25) is 0 Å². The highest BCUT2D eigenvalue weighted by atomic mass is 20.0. The van der Waals surface area contributed by atoms with Gasteiger partial charge in [-0.2, -0.15) is 15.5 Å². The maximum atomic E-state index is 8.35. The number of aromatic nitrogens is 2. The minimum Gasteiger partial charge on any atom is -1.00 e. The van der Waals surface area contributed by atoms with E-state index in [1.54, 1.807) is 57.7 Å². The van der Waals surface area contributed by atoms with Crippen LogP contribution in [0.1, 0.15) is 17.5 Å². The molecule has 0 saturated carbocycles. The Bertz CT molecular complexity index is 1130. The average molecular weight is 543 g/mol. The number of nitrogens with two attached hydrogens (primary N) is 1. The summed E-state index contributed by atoms with van der Waals surface area (Å²) in [5.74, 6) is 3.58. The van der Waals surface area contributed by atoms with Crippen LogP contribution in [-0.4, -0.2) is 51.0 Å². The van der Waals surface area contributed by atoms with E-state index in [9.17, 15) is 0 Å². The number of hydrogen-bond donors (Lipinski definition) is 2. The monoisotopic (exact) mass is 542 g/mol. The predicted octanol–water partition coefficient (Wildman–Crippen LogP) is -2.08. The van der Waals surface area contributed by atoms with Gasteiger partial charge in [0.15, 0.2) is 0 Å². The molecule has 210 valence electrons. The van der Waals surface area contributed by atoms with E-state index >= 15 is 0 Å². The molecule has 2 aromatic carbocycles. The molecule has 3 N–H and O–H groups in total. The van der Waals surface area contributed by atoms with E-state index in [4.69, 9.17) is 39.1 Å². The van der Waals surface area contributed by atoms with Gasteiger partial charge in [0.2, 0.25) is 0 Å². The molecular formula is C24H30F4N6O4-2. The van der Waals surface area contributed by atoms with Gasteiger partial charge in [-0.05, 0) is 30.3 Å². The van der Waals surface area contributed by atoms with Gasteiger partial charge in [0.25, 0.3) is 0 Å². The van der Waals surface area contributed by atoms with Crippen LogP contribution < -0.4 is 39.5 Å². The van der Waals surface area contributed by atoms with E-state index in [0.717, 1.165) is 28.4 Å². The first-order valence-electron chi connectivity index (χ1n) is 10.5. The summed E-state index contributed by atoms with van der Waals surface area (Å²) in [6, 6.07) is 14.9. The summed E-state index contributed by atoms with van der Waals surface area (Å²) in [5, 5.41) is 16.5. The lowest BCUT2D eigenvalue weighted by atomic mass is 10.2. The Balaban J connectivity index is 0. The molecule has 14 heteroatoms. The van der Waals surface area contributed by atoms with Crippen molar-refractivity contribution in [3.63, 3.8) is 0 Å². The first-order valence-corrected chi connectivity index (χ1v) is 10.5. The fraction of sp³-hybridized carbons (Fsp3) is 0.292. The number of nitrogens with zero attached hydrogens (tertiary/aromatic N) is 4. The van der Waals surface area contributed by atoms with Gasteiger partial charge in [-0.15, -0.1) is 0 Å². The number of methoxy groups -OCH3 is 4. The topological polar surface area (TPSA) is 129 Å². The van der Waals surface area contributed by atoms with E-state index in [1.807, 2.05) is 36.4 Å². The molecule has 0 atom stereocenters. The van der Waals surface area contributed by atoms with Crippen molar-refractivity contribution in [1.29, 1.82) is 5.26 Å². The van der Waals surface area contributed by atoms with Crippen LogP contribution in [0.25, 0.3) is 0 Å². The quantitative estimate of drug-likeness (QED) is 0.129. The number of nitrogen functional groups attached to an aromatic ring is 1. The molecule has 0 aliphatic heterocycles. The normalized spacial score (nSPS) is 9.18. The van der Waals surface area contributed by atoms with Gasteiger partial charge in [0.1, 0.15) is 28.8 Å². The Morgan fingerprint density at radius 3 is 2.11 bits per heavy atom. The smallest absolute Gasteiger partial charge is 0.131 e. The minimum absolute atomic E-state index is 0. The van der Waals surface area contributed by atoms with Gasteiger partial charge in [-0.1, -0.05) is 0 Å². The molecule has 3 rings (SSSR count). The molecule has 0 saturated heterocycles. The van der Waals surface area contributed by atoms with Crippen molar-refractivity contribution in [2.45, 2.75) is 13.0 Å². The minimum atomic E-state index is 0. The summed E-state index contributed by atoms with van der Waals surface area (Å²) in [6.45, 7) is 1.11. The molecule has 0 fully saturated rings. The van der Waals surface area contributed by atoms with Crippen molar-refractivity contribution in [3.8, 4) is 29.1 Å². The zero-order valence-electron chi connectivity index (χ0n) is 21.3. The highest BCUT2D eigenvalue weighted by Gasteiger charge is 2.07. The van der Waals surface area contributed by atoms with Crippen molar-refractivity contribution in [3.05, 3.63) is 59.8 Å². The number of halogens is 4. The SMILES string of the molecule is COc1ccc(/C=N\NCCC#N)c(OC)c1.COc1ccc(Cn2nccc2N)c(OC)c1.FF.[F-].[F-]. The Morgan fingerprint density at radius 2 is 1.58 bits per heavy atom. The third kappa shape index (κ3) is 11.4. The molecule has 0 spiro atoms. The summed E-state index contributed by atoms with van der Waals surface area (Å²) in [5.41, 5.74) is 10.4. The van der Waals surface area contributed by atoms with Crippen LogP contribution in [0.4, 0.5) is 15.0 Å². The zero-order valence-corrected chi connectivity index (χ0v) is 21.3. The standard InChI is InChI=1S/2C12H15N3O2.F2.2FH/c1-16-10-4-3-9(11(7-10)17-2)8-15-12(13)5-6-14-15;1-16-11-5-4-10(12(8-11)17-2)9-15-14-7-3-6-13;1-2;;/h3-7H,8,13H2,1-2H3;4-5,8-9,14H,3,7H2,1-2H3;;2*1H/p-2/b;15-9-;;;. The van der Waals surface area contributed by atoms with E-state index in [0.29, 0.717) is 31.1 Å². The third-order valence-electron chi connectivity index (χ3n) is 4.65. The van der Waals surface area contributed by atoms with E-state index in [1.165, 1.54) is 0 Å². The Hall–Kier alpha value is -4.67. The number of hydrazone groups is 1. The molecule has 0 bridgehead atoms. The first kappa shape index (κ1) is 35.5. The van der Waals surface area contributed by atoms with Crippen molar-refractivity contribution in [2.75, 3.05) is 40.7 Å². The number of hydrogen-bond acceptors (Lipinski definition) is 9. The number of benzene rings is 2. The van der Waals surface area contributed by atoms with Crippen LogP contribution in [-0.2, 0) is 6.54 Å². The molecule has 0 unspecified atom stereocenters. The molecule has 10 nitrogen and oxygen atoms in total. The van der Waals surface area contributed by atoms with E-state index in [2.05, 4.69) is 15.6 Å². The fourth-order valence-corrected chi connectivity index (χ4v) is 2.84. The van der Waals surface area contributed by atoms with Gasteiger partial charge in [-0.25, -0.2) is 4.68 Å². The van der Waals surface area contributed by atoms with Gasteiger partial charge < -0.3 is 39.5 Å². The molecule has 0 amide bonds. The molecule has 1 aromatic heterocycles. The van der Waals surface area contributed by atoms with Crippen molar-refractivity contribution >= 4 is 12.0 Å². The maximum absolute atomic E-state index is 8.35. The fourth-order valence-electron chi connectivity index (χ4n) is 2.84. The first-order chi connectivity index (χ1) is 17.6. The summed E-state index contributed by atoms with van der Waals surface area (Å²) < 4.78 is 38.5. The second-order valence-corrected chi connectivity index (χ2v) is 6.77. The van der Waals surface area contributed by atoms with E-state index in [-0.39, 0.29) is 9.41 Å². The molecule has 0 radical (unpaired) electrons. The van der Waals surface area contributed by atoms with Crippen LogP contribution in [0.3, 0.4) is 0 Å². The lowest BCUT2D eigenvalue weighted by Crippen LogP contribution is -3.00. The number of ether oxygens (including phenoxy) is 4. The number of nitriles is 1. The zero-order chi connectivity index (χ0) is 26.8. The van der Waals surface area contributed by atoms with Crippen molar-refractivity contribution in [1.82, 2.24) is 15.2 Å². The van der Waals surface area contributed by atoms with Gasteiger partial charge >= 0.3 is 0 Å². The Kier molecular flexibility index (Phi) is 19.2. The summed E-state index contributed by atoms with van der Waals surface area (Å²) in [7, 11) is 6.45. The van der Waals surface area contributed by atoms with Gasteiger partial charge in [0, 0.05) is 39.0 Å². The summed E-state index contributed by atoms with van der Waals surface area (Å²) in [4.78, 5) is 0. The van der Waals surface area contributed by atoms with Crippen LogP contribution in [0.5, 0.6) is 23.0 Å². The highest BCUT2D eigenvalue weighted by Crippen LogP contribution is 2.25. The summed E-state index contributed by atoms with van der Waals surface area (Å²) in [6.07, 6.45) is 3.75. The van der Waals surface area contributed by atoms with Crippen LogP contribution in [0, 0.1) is 11.3 Å². The largest absolute Gasteiger partial charge is 1.00 e. The van der Waals surface area contributed by atoms with Crippen LogP contribution >= 0.6 is 0 Å². The van der Waals surface area contributed by atoms with Crippen LogP contribution in [0.15, 0.2) is 53.8 Å². The number of anilines is 1. The molecular weight excluding hydrogens is 512 g/mol. The lowest BCUT2D eigenvalue weighted by molar-refractivity contribution is -0.001000. The van der Waals surface area contributed by atoms with Crippen molar-refractivity contribution in [2.24, 2.45) is 5.10 Å². The average Bonchev–Trinajstić information content (AvgIpc) is 3.34. The predicted molar refractivity (Wildman–Crippen MR) is 133 cm³/mol. The Labute approximate surface area is 218 Å². The molecule has 0 aliphatic rings. The van der Waals surface area contributed by atoms with Gasteiger partial charge in [-0.3, -0.25) is 0 Å². The Morgan fingerprint density at radius 1 is 0.974 bits per heavy atom. The van der Waals surface area contributed by atoms with Gasteiger partial charge in [0.05, 0.1) is 59.9 Å². The molecule has 38 heavy (non-hydrogen) atoms. The maximum Gasteiger partial charge on any atom is 0.131 e. The number of rotatable bonds is 10. The molecule has 3 aromatic rings. The summed E-state index contributed by atoms with van der Waals surface area (Å²) >= 11 is 0. The molecule has 1 heterocycles. The lowest BCUT2D eigenvalue weighted by Gasteiger charge is -2.11. The highest BCUT2D eigenvalue weighted by molar-refractivity contribution is 5.83. The number of nitrogens with one attached hydrogen (secondary N) is 1. The second-order valence-electron chi connectivity index (χ2n) is 6.77. The second kappa shape index (κ2) is 20.5. The van der Waals surface area contributed by atoms with E-state index < -0.39 is 0 Å². The molecule has 0 aliphatic carbocycles.